The number of carbonyl (C=O) groups is 1. The third-order valence-electron chi connectivity index (χ3n) is 5.04. The van der Waals surface area contributed by atoms with Crippen molar-refractivity contribution in [3.05, 3.63) is 47.8 Å². The van der Waals surface area contributed by atoms with Crippen molar-refractivity contribution in [1.82, 2.24) is 34.6 Å². The fraction of sp³-hybridized carbons (Fsp3) is 0.421. The molecule has 142 valence electrons. The van der Waals surface area contributed by atoms with E-state index in [9.17, 15) is 4.79 Å². The van der Waals surface area contributed by atoms with Crippen LogP contribution in [0.25, 0.3) is 11.0 Å². The number of aryl methyl sites for hydroxylation is 2. The number of hydrogen-bond acceptors (Lipinski definition) is 4. The van der Waals surface area contributed by atoms with Gasteiger partial charge in [0.1, 0.15) is 11.6 Å². The van der Waals surface area contributed by atoms with Crippen molar-refractivity contribution in [3.8, 4) is 0 Å². The molecule has 1 fully saturated rings. The highest BCUT2D eigenvalue weighted by atomic mass is 16.2. The maximum Gasteiger partial charge on any atom is 0.317 e. The molecule has 1 aromatic carbocycles. The van der Waals surface area contributed by atoms with Crippen molar-refractivity contribution in [2.24, 2.45) is 7.05 Å². The van der Waals surface area contributed by atoms with Crippen molar-refractivity contribution >= 4 is 17.1 Å². The van der Waals surface area contributed by atoms with Crippen molar-refractivity contribution in [2.75, 3.05) is 26.2 Å². The van der Waals surface area contributed by atoms with E-state index in [2.05, 4.69) is 38.2 Å². The molecule has 0 atom stereocenters. The Morgan fingerprint density at radius 2 is 2.07 bits per heavy atom. The number of nitrogens with zero attached hydrogens (tertiary/aromatic N) is 5. The van der Waals surface area contributed by atoms with Gasteiger partial charge in [-0.15, -0.1) is 0 Å². The zero-order valence-electron chi connectivity index (χ0n) is 15.8. The maximum atomic E-state index is 12.5. The Bertz CT molecular complexity index is 937. The maximum absolute atomic E-state index is 12.5. The molecule has 8 heteroatoms. The molecule has 0 unspecified atom stereocenters. The van der Waals surface area contributed by atoms with Gasteiger partial charge in [-0.2, -0.15) is 0 Å². The van der Waals surface area contributed by atoms with Gasteiger partial charge < -0.3 is 19.8 Å². The van der Waals surface area contributed by atoms with Crippen LogP contribution in [0.4, 0.5) is 4.79 Å². The number of benzene rings is 1. The van der Waals surface area contributed by atoms with Gasteiger partial charge in [0.25, 0.3) is 0 Å². The average molecular weight is 367 g/mol. The van der Waals surface area contributed by atoms with E-state index in [0.29, 0.717) is 6.54 Å². The Balaban J connectivity index is 1.27. The molecule has 27 heavy (non-hydrogen) atoms. The van der Waals surface area contributed by atoms with Crippen LogP contribution >= 0.6 is 0 Å². The summed E-state index contributed by atoms with van der Waals surface area (Å²) in [5.41, 5.74) is 3.11. The number of aromatic amines is 1. The molecule has 3 heterocycles. The summed E-state index contributed by atoms with van der Waals surface area (Å²) < 4.78 is 2.04. The lowest BCUT2D eigenvalue weighted by atomic mass is 10.2. The number of piperazine rings is 1. The van der Waals surface area contributed by atoms with E-state index < -0.39 is 0 Å². The zero-order chi connectivity index (χ0) is 18.8. The highest BCUT2D eigenvalue weighted by Gasteiger charge is 2.21. The van der Waals surface area contributed by atoms with Crippen LogP contribution in [-0.4, -0.2) is 61.5 Å². The summed E-state index contributed by atoms with van der Waals surface area (Å²) in [6, 6.07) is 6.06. The fourth-order valence-corrected chi connectivity index (χ4v) is 3.39. The van der Waals surface area contributed by atoms with E-state index in [1.807, 2.05) is 41.0 Å². The monoisotopic (exact) mass is 367 g/mol. The summed E-state index contributed by atoms with van der Waals surface area (Å²) in [6.07, 6.45) is 3.77. The molecule has 1 aliphatic heterocycles. The van der Waals surface area contributed by atoms with Crippen LogP contribution in [0.15, 0.2) is 30.6 Å². The first-order valence-electron chi connectivity index (χ1n) is 9.25. The number of H-pyrrole nitrogens is 1. The minimum Gasteiger partial charge on any atom is -0.340 e. The predicted octanol–water partition coefficient (Wildman–Crippen LogP) is 1.63. The molecular weight excluding hydrogens is 342 g/mol. The molecule has 2 amide bonds. The minimum atomic E-state index is -0.0386. The second kappa shape index (κ2) is 7.40. The van der Waals surface area contributed by atoms with Gasteiger partial charge in [-0.05, 0) is 24.6 Å². The van der Waals surface area contributed by atoms with Crippen LogP contribution in [-0.2, 0) is 20.1 Å². The molecule has 0 aliphatic carbocycles. The van der Waals surface area contributed by atoms with Crippen molar-refractivity contribution in [3.63, 3.8) is 0 Å². The highest BCUT2D eigenvalue weighted by molar-refractivity contribution is 5.76. The minimum absolute atomic E-state index is 0.0386. The summed E-state index contributed by atoms with van der Waals surface area (Å²) in [6.45, 7) is 6.41. The third-order valence-corrected chi connectivity index (χ3v) is 5.04. The summed E-state index contributed by atoms with van der Waals surface area (Å²) >= 11 is 0. The van der Waals surface area contributed by atoms with E-state index >= 15 is 0 Å². The first kappa shape index (κ1) is 17.5. The molecule has 8 nitrogen and oxygen atoms in total. The molecule has 0 bridgehead atoms. The number of rotatable bonds is 4. The number of fused-ring (bicyclic) bond motifs is 1. The molecule has 3 aromatic rings. The van der Waals surface area contributed by atoms with Crippen molar-refractivity contribution < 1.29 is 4.79 Å². The Morgan fingerprint density at radius 1 is 1.26 bits per heavy atom. The van der Waals surface area contributed by atoms with E-state index in [-0.39, 0.29) is 6.03 Å². The number of nitrogens with one attached hydrogen (secondary N) is 2. The molecular formula is C19H25N7O. The van der Waals surface area contributed by atoms with Crippen molar-refractivity contribution in [2.45, 2.75) is 20.0 Å². The van der Waals surface area contributed by atoms with E-state index in [4.69, 9.17) is 0 Å². The second-order valence-electron chi connectivity index (χ2n) is 7.08. The van der Waals surface area contributed by atoms with Crippen LogP contribution in [0.1, 0.15) is 17.2 Å². The zero-order valence-corrected chi connectivity index (χ0v) is 15.8. The molecule has 0 radical (unpaired) electrons. The lowest BCUT2D eigenvalue weighted by Gasteiger charge is -2.34. The van der Waals surface area contributed by atoms with E-state index in [1.165, 1.54) is 5.56 Å². The number of urea groups is 1. The van der Waals surface area contributed by atoms with Crippen molar-refractivity contribution in [1.29, 1.82) is 0 Å². The van der Waals surface area contributed by atoms with Gasteiger partial charge in [-0.25, -0.2) is 14.8 Å². The summed E-state index contributed by atoms with van der Waals surface area (Å²) in [7, 11) is 2.01. The van der Waals surface area contributed by atoms with Crippen LogP contribution < -0.4 is 5.32 Å². The number of hydrogen-bond donors (Lipinski definition) is 2. The van der Waals surface area contributed by atoms with Crippen LogP contribution in [0.2, 0.25) is 0 Å². The molecule has 4 rings (SSSR count). The lowest BCUT2D eigenvalue weighted by Crippen LogP contribution is -2.51. The van der Waals surface area contributed by atoms with Gasteiger partial charge in [0.2, 0.25) is 0 Å². The Kier molecular flexibility index (Phi) is 4.81. The molecule has 2 N–H and O–H groups in total. The number of imidazole rings is 2. The Morgan fingerprint density at radius 3 is 2.81 bits per heavy atom. The van der Waals surface area contributed by atoms with Gasteiger partial charge in [-0.1, -0.05) is 6.07 Å². The Labute approximate surface area is 158 Å². The second-order valence-corrected chi connectivity index (χ2v) is 7.08. The molecule has 2 aromatic heterocycles. The SMILES string of the molecule is Cc1ccc2nc(CNC(=O)N3CCN(Cc4nccn4C)CC3)[nH]c2c1. The standard InChI is InChI=1S/C19H25N7O/c1-14-3-4-15-16(11-14)23-17(22-15)12-21-19(27)26-9-7-25(8-10-26)13-18-20-5-6-24(18)2/h3-6,11H,7-10,12-13H2,1-2H3,(H,21,27)(H,22,23). The summed E-state index contributed by atoms with van der Waals surface area (Å²) in [5, 5.41) is 2.97. The fourth-order valence-electron chi connectivity index (χ4n) is 3.39. The van der Waals surface area contributed by atoms with Gasteiger partial charge in [0.15, 0.2) is 0 Å². The molecule has 0 spiro atoms. The topological polar surface area (TPSA) is 82.1 Å². The summed E-state index contributed by atoms with van der Waals surface area (Å²) in [5.74, 6) is 1.82. The first-order chi connectivity index (χ1) is 13.1. The van der Waals surface area contributed by atoms with E-state index in [0.717, 1.165) is 55.4 Å². The third kappa shape index (κ3) is 3.95. The molecule has 1 saturated heterocycles. The number of aromatic nitrogens is 4. The van der Waals surface area contributed by atoms with Gasteiger partial charge in [-0.3, -0.25) is 4.90 Å². The van der Waals surface area contributed by atoms with Crippen LogP contribution in [0, 0.1) is 6.92 Å². The largest absolute Gasteiger partial charge is 0.340 e. The average Bonchev–Trinajstić information content (AvgIpc) is 3.25. The van der Waals surface area contributed by atoms with Gasteiger partial charge >= 0.3 is 6.03 Å². The highest BCUT2D eigenvalue weighted by Crippen LogP contribution is 2.13. The Hall–Kier alpha value is -2.87. The van der Waals surface area contributed by atoms with Crippen LogP contribution in [0.3, 0.4) is 0 Å². The smallest absolute Gasteiger partial charge is 0.317 e. The molecule has 1 aliphatic rings. The predicted molar refractivity (Wildman–Crippen MR) is 103 cm³/mol. The van der Waals surface area contributed by atoms with Gasteiger partial charge in [0, 0.05) is 45.6 Å². The first-order valence-corrected chi connectivity index (χ1v) is 9.25. The lowest BCUT2D eigenvalue weighted by molar-refractivity contribution is 0.132. The molecule has 0 saturated carbocycles. The summed E-state index contributed by atoms with van der Waals surface area (Å²) in [4.78, 5) is 28.8. The number of amides is 2. The number of carbonyl (C=O) groups excluding carboxylic acids is 1. The quantitative estimate of drug-likeness (QED) is 0.734. The normalized spacial score (nSPS) is 15.4. The van der Waals surface area contributed by atoms with Gasteiger partial charge in [0.05, 0.1) is 24.1 Å². The van der Waals surface area contributed by atoms with E-state index in [1.54, 1.807) is 0 Å². The van der Waals surface area contributed by atoms with Crippen LogP contribution in [0.5, 0.6) is 0 Å².